The van der Waals surface area contributed by atoms with Gasteiger partial charge in [-0.1, -0.05) is 12.1 Å². The second kappa shape index (κ2) is 8.22. The number of hydrogen-bond donors (Lipinski definition) is 2. The molecule has 0 atom stereocenters. The normalized spacial score (nSPS) is 11.2. The second-order valence-corrected chi connectivity index (χ2v) is 6.68. The van der Waals surface area contributed by atoms with Crippen molar-refractivity contribution in [3.8, 4) is 11.5 Å². The second-order valence-electron chi connectivity index (χ2n) is 5.83. The van der Waals surface area contributed by atoms with E-state index >= 15 is 0 Å². The molecule has 27 heavy (non-hydrogen) atoms. The van der Waals surface area contributed by atoms with Crippen LogP contribution < -0.4 is 10.2 Å². The van der Waals surface area contributed by atoms with Crippen LogP contribution in [-0.4, -0.2) is 33.4 Å². The number of carbonyl (C=O) groups excluding carboxylic acids is 1. The van der Waals surface area contributed by atoms with Crippen LogP contribution in [0.5, 0.6) is 11.5 Å². The number of halogens is 1. The lowest BCUT2D eigenvalue weighted by Gasteiger charge is -2.08. The Bertz CT molecular complexity index is 1010. The third-order valence-corrected chi connectivity index (χ3v) is 4.56. The minimum atomic E-state index is -0.271. The van der Waals surface area contributed by atoms with Crippen LogP contribution in [0, 0.1) is 0 Å². The first kappa shape index (κ1) is 18.9. The van der Waals surface area contributed by atoms with Crippen molar-refractivity contribution in [2.75, 3.05) is 6.61 Å². The number of imidazole rings is 1. The van der Waals surface area contributed by atoms with Crippen LogP contribution in [0.1, 0.15) is 18.3 Å². The van der Waals surface area contributed by atoms with E-state index in [0.717, 1.165) is 11.0 Å². The van der Waals surface area contributed by atoms with Crippen LogP contribution in [0.4, 0.5) is 0 Å². The van der Waals surface area contributed by atoms with Crippen molar-refractivity contribution in [1.29, 1.82) is 0 Å². The molecule has 7 nitrogen and oxygen atoms in total. The maximum atomic E-state index is 12.2. The molecule has 0 unspecified atom stereocenters. The summed E-state index contributed by atoms with van der Waals surface area (Å²) in [4.78, 5) is 16.6. The van der Waals surface area contributed by atoms with Gasteiger partial charge in [0.2, 0.25) is 5.91 Å². The van der Waals surface area contributed by atoms with Crippen LogP contribution in [-0.2, 0) is 18.3 Å². The highest BCUT2D eigenvalue weighted by molar-refractivity contribution is 9.10. The van der Waals surface area contributed by atoms with Crippen LogP contribution in [0.15, 0.2) is 46.0 Å². The molecule has 140 valence electrons. The number of phenols is 1. The van der Waals surface area contributed by atoms with Crippen molar-refractivity contribution >= 4 is 39.1 Å². The van der Waals surface area contributed by atoms with Crippen LogP contribution in [0.25, 0.3) is 11.0 Å². The molecular formula is C19H19BrN4O3. The number of para-hydroxylation sites is 2. The number of carbonyl (C=O) groups is 1. The highest BCUT2D eigenvalue weighted by atomic mass is 79.9. The molecule has 0 aliphatic carbocycles. The van der Waals surface area contributed by atoms with Crippen LogP contribution in [0.2, 0.25) is 0 Å². The van der Waals surface area contributed by atoms with E-state index in [1.165, 1.54) is 6.21 Å². The fourth-order valence-electron chi connectivity index (χ4n) is 2.65. The molecule has 0 spiro atoms. The van der Waals surface area contributed by atoms with Gasteiger partial charge in [0.1, 0.15) is 5.82 Å². The Morgan fingerprint density at radius 1 is 1.41 bits per heavy atom. The number of aromatic nitrogens is 2. The summed E-state index contributed by atoms with van der Waals surface area (Å²) in [5.74, 6) is 0.765. The summed E-state index contributed by atoms with van der Waals surface area (Å²) in [6.07, 6.45) is 1.60. The SMILES string of the molecule is CCOc1cc(C=NNC(=O)Cc2nc3ccccc3n2C)cc(Br)c1O. The summed E-state index contributed by atoms with van der Waals surface area (Å²) in [6.45, 7) is 2.25. The molecular weight excluding hydrogens is 412 g/mol. The summed E-state index contributed by atoms with van der Waals surface area (Å²) in [6, 6.07) is 11.0. The number of nitrogens with zero attached hydrogens (tertiary/aromatic N) is 3. The third kappa shape index (κ3) is 4.28. The van der Waals surface area contributed by atoms with E-state index in [4.69, 9.17) is 4.74 Å². The van der Waals surface area contributed by atoms with Gasteiger partial charge in [-0.3, -0.25) is 4.79 Å². The lowest BCUT2D eigenvalue weighted by atomic mass is 10.2. The van der Waals surface area contributed by atoms with E-state index in [0.29, 0.717) is 28.2 Å². The number of aryl methyl sites for hydroxylation is 1. The lowest BCUT2D eigenvalue weighted by Crippen LogP contribution is -2.21. The van der Waals surface area contributed by atoms with Gasteiger partial charge in [-0.25, -0.2) is 10.4 Å². The van der Waals surface area contributed by atoms with Crippen molar-refractivity contribution in [1.82, 2.24) is 15.0 Å². The smallest absolute Gasteiger partial charge is 0.247 e. The van der Waals surface area contributed by atoms with Crippen molar-refractivity contribution in [2.24, 2.45) is 12.1 Å². The van der Waals surface area contributed by atoms with E-state index in [1.54, 1.807) is 12.1 Å². The van der Waals surface area contributed by atoms with Crippen LogP contribution >= 0.6 is 15.9 Å². The summed E-state index contributed by atoms with van der Waals surface area (Å²) in [5.41, 5.74) is 4.99. The number of aromatic hydroxyl groups is 1. The molecule has 0 bridgehead atoms. The van der Waals surface area contributed by atoms with Gasteiger partial charge in [0.05, 0.1) is 34.7 Å². The predicted octanol–water partition coefficient (Wildman–Crippen LogP) is 3.13. The van der Waals surface area contributed by atoms with E-state index in [-0.39, 0.29) is 18.1 Å². The van der Waals surface area contributed by atoms with E-state index in [2.05, 4.69) is 31.4 Å². The summed E-state index contributed by atoms with van der Waals surface area (Å²) in [7, 11) is 1.88. The molecule has 0 saturated carbocycles. The van der Waals surface area contributed by atoms with Crippen molar-refractivity contribution < 1.29 is 14.6 Å². The Balaban J connectivity index is 1.67. The molecule has 1 aromatic heterocycles. The van der Waals surface area contributed by atoms with Gasteiger partial charge in [-0.05, 0) is 52.7 Å². The van der Waals surface area contributed by atoms with E-state index in [9.17, 15) is 9.90 Å². The molecule has 0 radical (unpaired) electrons. The monoisotopic (exact) mass is 430 g/mol. The number of benzene rings is 2. The summed E-state index contributed by atoms with van der Waals surface area (Å²) < 4.78 is 7.75. The summed E-state index contributed by atoms with van der Waals surface area (Å²) >= 11 is 3.27. The fourth-order valence-corrected chi connectivity index (χ4v) is 3.11. The Hall–Kier alpha value is -2.87. The first-order valence-corrected chi connectivity index (χ1v) is 9.16. The first-order valence-electron chi connectivity index (χ1n) is 8.37. The zero-order valence-corrected chi connectivity index (χ0v) is 16.5. The third-order valence-electron chi connectivity index (χ3n) is 3.95. The molecule has 3 rings (SSSR count). The molecule has 0 fully saturated rings. The number of nitrogens with one attached hydrogen (secondary N) is 1. The van der Waals surface area contributed by atoms with Gasteiger partial charge in [-0.2, -0.15) is 5.10 Å². The molecule has 1 amide bonds. The predicted molar refractivity (Wildman–Crippen MR) is 107 cm³/mol. The van der Waals surface area contributed by atoms with Gasteiger partial charge in [-0.15, -0.1) is 0 Å². The summed E-state index contributed by atoms with van der Waals surface area (Å²) in [5, 5.41) is 13.9. The average Bonchev–Trinajstić information content (AvgIpc) is 2.95. The Labute approximate surface area is 164 Å². The molecule has 0 saturated heterocycles. The largest absolute Gasteiger partial charge is 0.503 e. The number of rotatable bonds is 6. The molecule has 8 heteroatoms. The van der Waals surface area contributed by atoms with Crippen LogP contribution in [0.3, 0.4) is 0 Å². The molecule has 0 aliphatic rings. The highest BCUT2D eigenvalue weighted by Gasteiger charge is 2.11. The zero-order valence-electron chi connectivity index (χ0n) is 14.9. The first-order chi connectivity index (χ1) is 13.0. The number of fused-ring (bicyclic) bond motifs is 1. The number of amides is 1. The van der Waals surface area contributed by atoms with Crippen molar-refractivity contribution in [3.05, 3.63) is 52.3 Å². The van der Waals surface area contributed by atoms with Crippen molar-refractivity contribution in [2.45, 2.75) is 13.3 Å². The quantitative estimate of drug-likeness (QED) is 0.464. The standard InChI is InChI=1S/C19H19BrN4O3/c1-3-27-16-9-12(8-13(20)19(16)26)11-21-23-18(25)10-17-22-14-6-4-5-7-15(14)24(17)2/h4-9,11,26H,3,10H2,1-2H3,(H,23,25). The Morgan fingerprint density at radius 3 is 2.93 bits per heavy atom. The minimum absolute atomic E-state index is 0.0277. The topological polar surface area (TPSA) is 88.7 Å². The molecule has 1 heterocycles. The molecule has 2 aromatic carbocycles. The van der Waals surface area contributed by atoms with Crippen molar-refractivity contribution in [3.63, 3.8) is 0 Å². The van der Waals surface area contributed by atoms with E-state index in [1.807, 2.05) is 42.8 Å². The minimum Gasteiger partial charge on any atom is -0.503 e. The van der Waals surface area contributed by atoms with Gasteiger partial charge >= 0.3 is 0 Å². The van der Waals surface area contributed by atoms with Gasteiger partial charge < -0.3 is 14.4 Å². The molecule has 2 N–H and O–H groups in total. The number of phenolic OH excluding ortho intramolecular Hbond substituents is 1. The number of ether oxygens (including phenoxy) is 1. The average molecular weight is 431 g/mol. The Morgan fingerprint density at radius 2 is 2.19 bits per heavy atom. The lowest BCUT2D eigenvalue weighted by molar-refractivity contribution is -0.120. The number of hydrogen-bond acceptors (Lipinski definition) is 5. The maximum Gasteiger partial charge on any atom is 0.247 e. The number of hydrazone groups is 1. The fraction of sp³-hybridized carbons (Fsp3) is 0.211. The van der Waals surface area contributed by atoms with E-state index < -0.39 is 0 Å². The highest BCUT2D eigenvalue weighted by Crippen LogP contribution is 2.35. The Kier molecular flexibility index (Phi) is 5.75. The van der Waals surface area contributed by atoms with Gasteiger partial charge in [0.15, 0.2) is 11.5 Å². The maximum absolute atomic E-state index is 12.2. The molecule has 0 aliphatic heterocycles. The molecule has 3 aromatic rings. The van der Waals surface area contributed by atoms with Gasteiger partial charge in [0, 0.05) is 7.05 Å². The zero-order chi connectivity index (χ0) is 19.4. The van der Waals surface area contributed by atoms with Gasteiger partial charge in [0.25, 0.3) is 0 Å².